The van der Waals surface area contributed by atoms with E-state index in [0.717, 1.165) is 17.1 Å². The first-order valence-corrected chi connectivity index (χ1v) is 6.63. The van der Waals surface area contributed by atoms with Crippen LogP contribution in [0, 0.1) is 0 Å². The Kier molecular flexibility index (Phi) is 5.15. The molecule has 0 bridgehead atoms. The van der Waals surface area contributed by atoms with E-state index in [0.29, 0.717) is 18.5 Å². The van der Waals surface area contributed by atoms with Gasteiger partial charge in [0.05, 0.1) is 19.8 Å². The summed E-state index contributed by atoms with van der Waals surface area (Å²) < 4.78 is 10.5. The Morgan fingerprint density at radius 3 is 2.76 bits per heavy atom. The molecule has 1 heterocycles. The number of hydrogen-bond donors (Lipinski definition) is 1. The van der Waals surface area contributed by atoms with Gasteiger partial charge in [0, 0.05) is 25.0 Å². The van der Waals surface area contributed by atoms with Crippen LogP contribution in [0.1, 0.15) is 15.9 Å². The lowest BCUT2D eigenvalue weighted by Crippen LogP contribution is -2.25. The number of hydrogen-bond acceptors (Lipinski definition) is 4. The highest BCUT2D eigenvalue weighted by Crippen LogP contribution is 2.24. The summed E-state index contributed by atoms with van der Waals surface area (Å²) in [4.78, 5) is 15.8. The zero-order valence-corrected chi connectivity index (χ0v) is 12.1. The highest BCUT2D eigenvalue weighted by molar-refractivity contribution is 5.93. The van der Waals surface area contributed by atoms with Gasteiger partial charge in [0.25, 0.3) is 5.91 Å². The van der Waals surface area contributed by atoms with Gasteiger partial charge >= 0.3 is 0 Å². The zero-order valence-electron chi connectivity index (χ0n) is 12.1. The van der Waals surface area contributed by atoms with Gasteiger partial charge in [0.1, 0.15) is 11.5 Å². The third kappa shape index (κ3) is 3.95. The van der Waals surface area contributed by atoms with Crippen molar-refractivity contribution in [2.75, 3.05) is 20.8 Å². The van der Waals surface area contributed by atoms with Crippen LogP contribution in [0.25, 0.3) is 0 Å². The number of methoxy groups -OCH3 is 2. The third-order valence-electron chi connectivity index (χ3n) is 3.10. The number of nitrogens with zero attached hydrogens (tertiary/aromatic N) is 1. The van der Waals surface area contributed by atoms with Crippen LogP contribution in [0.3, 0.4) is 0 Å². The first kappa shape index (κ1) is 14.8. The molecule has 0 saturated carbocycles. The Morgan fingerprint density at radius 2 is 2.10 bits per heavy atom. The zero-order chi connectivity index (χ0) is 15.1. The number of aromatic nitrogens is 1. The summed E-state index contributed by atoms with van der Waals surface area (Å²) in [6.07, 6.45) is 3.86. The van der Waals surface area contributed by atoms with Crippen molar-refractivity contribution in [2.45, 2.75) is 6.42 Å². The molecular formula is C16H18N2O3. The normalized spacial score (nSPS) is 10.0. The molecule has 1 aromatic heterocycles. The van der Waals surface area contributed by atoms with Gasteiger partial charge in [-0.3, -0.25) is 9.78 Å². The molecule has 0 saturated heterocycles. The smallest absolute Gasteiger partial charge is 0.252 e. The maximum Gasteiger partial charge on any atom is 0.252 e. The Balaban J connectivity index is 1.93. The molecule has 1 N–H and O–H groups in total. The van der Waals surface area contributed by atoms with Crippen LogP contribution in [0.4, 0.5) is 0 Å². The van der Waals surface area contributed by atoms with Crippen molar-refractivity contribution < 1.29 is 14.3 Å². The van der Waals surface area contributed by atoms with Gasteiger partial charge in [-0.1, -0.05) is 6.07 Å². The maximum absolute atomic E-state index is 11.9. The average molecular weight is 286 g/mol. The van der Waals surface area contributed by atoms with Crippen LogP contribution < -0.4 is 14.8 Å². The second-order valence-electron chi connectivity index (χ2n) is 4.43. The van der Waals surface area contributed by atoms with Crippen molar-refractivity contribution in [3.63, 3.8) is 0 Å². The molecule has 0 unspecified atom stereocenters. The van der Waals surface area contributed by atoms with Gasteiger partial charge < -0.3 is 14.8 Å². The van der Waals surface area contributed by atoms with E-state index in [1.165, 1.54) is 0 Å². The summed E-state index contributed by atoms with van der Waals surface area (Å²) in [6, 6.07) is 9.12. The topological polar surface area (TPSA) is 60.5 Å². The van der Waals surface area contributed by atoms with E-state index in [4.69, 9.17) is 9.47 Å². The van der Waals surface area contributed by atoms with Crippen molar-refractivity contribution in [1.82, 2.24) is 10.3 Å². The van der Waals surface area contributed by atoms with Gasteiger partial charge in [-0.2, -0.15) is 0 Å². The number of amides is 1. The van der Waals surface area contributed by atoms with Gasteiger partial charge in [-0.25, -0.2) is 0 Å². The summed E-state index contributed by atoms with van der Waals surface area (Å²) in [5.41, 5.74) is 1.57. The van der Waals surface area contributed by atoms with Crippen LogP contribution in [-0.4, -0.2) is 31.7 Å². The first-order valence-electron chi connectivity index (χ1n) is 6.63. The van der Waals surface area contributed by atoms with Crippen molar-refractivity contribution in [2.24, 2.45) is 0 Å². The molecule has 1 amide bonds. The fraction of sp³-hybridized carbons (Fsp3) is 0.250. The molecule has 0 aliphatic rings. The lowest BCUT2D eigenvalue weighted by atomic mass is 10.1. The minimum Gasteiger partial charge on any atom is -0.497 e. The lowest BCUT2D eigenvalue weighted by Gasteiger charge is -2.11. The number of nitrogens with one attached hydrogen (secondary N) is 1. The van der Waals surface area contributed by atoms with E-state index in [1.807, 2.05) is 18.2 Å². The fourth-order valence-electron chi connectivity index (χ4n) is 1.97. The molecule has 0 radical (unpaired) electrons. The molecule has 5 heteroatoms. The van der Waals surface area contributed by atoms with Crippen LogP contribution in [0.2, 0.25) is 0 Å². The summed E-state index contributed by atoms with van der Waals surface area (Å²) >= 11 is 0. The fourth-order valence-corrected chi connectivity index (χ4v) is 1.97. The van der Waals surface area contributed by atoms with Crippen molar-refractivity contribution in [1.29, 1.82) is 0 Å². The average Bonchev–Trinajstić information content (AvgIpc) is 2.55. The molecule has 5 nitrogen and oxygen atoms in total. The molecule has 21 heavy (non-hydrogen) atoms. The number of ether oxygens (including phenoxy) is 2. The monoisotopic (exact) mass is 286 g/mol. The number of carbonyl (C=O) groups excluding carboxylic acids is 1. The van der Waals surface area contributed by atoms with Crippen molar-refractivity contribution in [3.05, 3.63) is 53.9 Å². The van der Waals surface area contributed by atoms with E-state index < -0.39 is 0 Å². The molecule has 0 spiro atoms. The number of rotatable bonds is 6. The Morgan fingerprint density at radius 1 is 1.24 bits per heavy atom. The van der Waals surface area contributed by atoms with E-state index >= 15 is 0 Å². The first-order chi connectivity index (χ1) is 10.2. The maximum atomic E-state index is 11.9. The highest BCUT2D eigenvalue weighted by Gasteiger charge is 2.07. The van der Waals surface area contributed by atoms with Crippen molar-refractivity contribution in [3.8, 4) is 11.5 Å². The summed E-state index contributed by atoms with van der Waals surface area (Å²) in [5.74, 6) is 1.37. The van der Waals surface area contributed by atoms with E-state index in [-0.39, 0.29) is 5.91 Å². The largest absolute Gasteiger partial charge is 0.497 e. The van der Waals surface area contributed by atoms with Gasteiger partial charge in [-0.15, -0.1) is 0 Å². The van der Waals surface area contributed by atoms with Crippen LogP contribution in [-0.2, 0) is 6.42 Å². The molecule has 110 valence electrons. The summed E-state index contributed by atoms with van der Waals surface area (Å²) in [7, 11) is 3.23. The summed E-state index contributed by atoms with van der Waals surface area (Å²) in [6.45, 7) is 0.524. The molecule has 1 aromatic carbocycles. The van der Waals surface area contributed by atoms with Gasteiger partial charge in [-0.05, 0) is 30.2 Å². The van der Waals surface area contributed by atoms with Gasteiger partial charge in [0.2, 0.25) is 0 Å². The Bertz CT molecular complexity index is 600. The molecule has 2 rings (SSSR count). The SMILES string of the molecule is COc1ccc(CCNC(=O)c2cccnc2)c(OC)c1. The lowest BCUT2D eigenvalue weighted by molar-refractivity contribution is 0.0953. The second kappa shape index (κ2) is 7.28. The molecule has 0 aliphatic heterocycles. The van der Waals surface area contributed by atoms with Crippen LogP contribution in [0.5, 0.6) is 11.5 Å². The minimum absolute atomic E-state index is 0.129. The molecule has 0 fully saturated rings. The summed E-state index contributed by atoms with van der Waals surface area (Å²) in [5, 5.41) is 2.86. The quantitative estimate of drug-likeness (QED) is 0.883. The predicted molar refractivity (Wildman–Crippen MR) is 79.8 cm³/mol. The number of benzene rings is 1. The van der Waals surface area contributed by atoms with E-state index in [1.54, 1.807) is 38.7 Å². The third-order valence-corrected chi connectivity index (χ3v) is 3.10. The molecule has 2 aromatic rings. The standard InChI is InChI=1S/C16H18N2O3/c1-20-14-6-5-12(15(10-14)21-2)7-9-18-16(19)13-4-3-8-17-11-13/h3-6,8,10-11H,7,9H2,1-2H3,(H,18,19). The molecular weight excluding hydrogens is 268 g/mol. The van der Waals surface area contributed by atoms with E-state index in [9.17, 15) is 4.79 Å². The van der Waals surface area contributed by atoms with Crippen LogP contribution in [0.15, 0.2) is 42.7 Å². The molecule has 0 atom stereocenters. The highest BCUT2D eigenvalue weighted by atomic mass is 16.5. The Hall–Kier alpha value is -2.56. The molecule has 0 aliphatic carbocycles. The minimum atomic E-state index is -0.129. The number of carbonyl (C=O) groups is 1. The van der Waals surface area contributed by atoms with E-state index in [2.05, 4.69) is 10.3 Å². The van der Waals surface area contributed by atoms with Gasteiger partial charge in [0.15, 0.2) is 0 Å². The van der Waals surface area contributed by atoms with Crippen LogP contribution >= 0.6 is 0 Å². The Labute approximate surface area is 123 Å². The second-order valence-corrected chi connectivity index (χ2v) is 4.43. The van der Waals surface area contributed by atoms with Crippen molar-refractivity contribution >= 4 is 5.91 Å². The predicted octanol–water partition coefficient (Wildman–Crippen LogP) is 2.07. The number of pyridine rings is 1.